The first-order valence-corrected chi connectivity index (χ1v) is 11.6. The summed E-state index contributed by atoms with van der Waals surface area (Å²) in [7, 11) is -4.17. The third kappa shape index (κ3) is 4.79. The summed E-state index contributed by atoms with van der Waals surface area (Å²) >= 11 is 0.878. The Morgan fingerprint density at radius 3 is 2.50 bits per heavy atom. The van der Waals surface area contributed by atoms with Gasteiger partial charge in [-0.05, 0) is 36.2 Å². The van der Waals surface area contributed by atoms with Gasteiger partial charge in [-0.1, -0.05) is 36.4 Å². The summed E-state index contributed by atoms with van der Waals surface area (Å²) in [4.78, 5) is 12.8. The zero-order valence-electron chi connectivity index (χ0n) is 16.3. The lowest BCUT2D eigenvalue weighted by Crippen LogP contribution is -2.45. The molecular weight excluding hydrogens is 458 g/mol. The van der Waals surface area contributed by atoms with Crippen molar-refractivity contribution in [1.29, 1.82) is 0 Å². The number of hydrogen-bond acceptors (Lipinski definition) is 6. The van der Waals surface area contributed by atoms with Gasteiger partial charge in [-0.2, -0.15) is 13.5 Å². The Labute approximate surface area is 186 Å². The topological polar surface area (TPSA) is 101 Å². The molecule has 32 heavy (non-hydrogen) atoms. The second kappa shape index (κ2) is 9.07. The number of nitrogens with zero attached hydrogens (tertiary/aromatic N) is 2. The van der Waals surface area contributed by atoms with Crippen LogP contribution in [-0.2, 0) is 21.2 Å². The maximum absolute atomic E-state index is 13.5. The van der Waals surface area contributed by atoms with E-state index in [1.807, 2.05) is 0 Å². The molecule has 0 saturated heterocycles. The average Bonchev–Trinajstić information content (AvgIpc) is 3.25. The summed E-state index contributed by atoms with van der Waals surface area (Å²) in [6, 6.07) is 15.0. The molecule has 3 aromatic carbocycles. The quantitative estimate of drug-likeness (QED) is 0.427. The minimum Gasteiger partial charge on any atom is -0.325 e. The van der Waals surface area contributed by atoms with E-state index in [-0.39, 0.29) is 22.5 Å². The highest BCUT2D eigenvalue weighted by Gasteiger charge is 2.28. The van der Waals surface area contributed by atoms with Crippen LogP contribution in [0.2, 0.25) is 0 Å². The molecule has 1 aromatic heterocycles. The summed E-state index contributed by atoms with van der Waals surface area (Å²) in [5, 5.41) is 2.44. The van der Waals surface area contributed by atoms with Crippen molar-refractivity contribution in [3.05, 3.63) is 83.9 Å². The molecule has 0 unspecified atom stereocenters. The monoisotopic (exact) mass is 474 g/mol. The van der Waals surface area contributed by atoms with Gasteiger partial charge in [0, 0.05) is 11.8 Å². The van der Waals surface area contributed by atoms with Crippen LogP contribution < -0.4 is 10.0 Å². The number of anilines is 1. The van der Waals surface area contributed by atoms with Crippen molar-refractivity contribution < 1.29 is 22.0 Å². The first kappa shape index (κ1) is 21.9. The molecule has 0 radical (unpaired) electrons. The number of carbonyl (C=O) groups is 1. The molecule has 4 rings (SSSR count). The lowest BCUT2D eigenvalue weighted by atomic mass is 10.1. The average molecular weight is 475 g/mol. The van der Waals surface area contributed by atoms with Gasteiger partial charge in [0.15, 0.2) is 11.6 Å². The zero-order chi connectivity index (χ0) is 22.7. The highest BCUT2D eigenvalue weighted by Crippen LogP contribution is 2.22. The van der Waals surface area contributed by atoms with E-state index in [1.54, 1.807) is 36.4 Å². The van der Waals surface area contributed by atoms with Gasteiger partial charge >= 0.3 is 0 Å². The molecule has 4 aromatic rings. The fourth-order valence-corrected chi connectivity index (χ4v) is 5.05. The highest BCUT2D eigenvalue weighted by atomic mass is 32.2. The molecule has 0 aliphatic heterocycles. The van der Waals surface area contributed by atoms with E-state index in [0.29, 0.717) is 11.1 Å². The predicted molar refractivity (Wildman–Crippen MR) is 117 cm³/mol. The molecule has 0 fully saturated rings. The fourth-order valence-electron chi connectivity index (χ4n) is 3.09. The Bertz CT molecular complexity index is 1380. The van der Waals surface area contributed by atoms with E-state index in [0.717, 1.165) is 23.9 Å². The second-order valence-electron chi connectivity index (χ2n) is 6.87. The number of hydrogen-bond donors (Lipinski definition) is 2. The van der Waals surface area contributed by atoms with Crippen LogP contribution in [0.25, 0.3) is 11.0 Å². The molecule has 1 heterocycles. The number of fused-ring (bicyclic) bond motifs is 1. The molecule has 0 aliphatic rings. The molecular formula is C21H16F2N4O3S2. The molecule has 7 nitrogen and oxygen atoms in total. The van der Waals surface area contributed by atoms with Crippen molar-refractivity contribution in [2.24, 2.45) is 0 Å². The summed E-state index contributed by atoms with van der Waals surface area (Å²) in [5.41, 5.74) is 1.32. The largest absolute Gasteiger partial charge is 0.325 e. The van der Waals surface area contributed by atoms with Crippen LogP contribution in [0.15, 0.2) is 71.6 Å². The Kier molecular flexibility index (Phi) is 6.21. The summed E-state index contributed by atoms with van der Waals surface area (Å²) in [5.74, 6) is -2.92. The number of benzene rings is 3. The Morgan fingerprint density at radius 1 is 0.969 bits per heavy atom. The summed E-state index contributed by atoms with van der Waals surface area (Å²) in [6.45, 7) is 0. The van der Waals surface area contributed by atoms with Gasteiger partial charge in [0.1, 0.15) is 22.0 Å². The third-order valence-corrected chi connectivity index (χ3v) is 6.67. The Morgan fingerprint density at radius 2 is 1.75 bits per heavy atom. The predicted octanol–water partition coefficient (Wildman–Crippen LogP) is 3.50. The van der Waals surface area contributed by atoms with Gasteiger partial charge < -0.3 is 5.32 Å². The van der Waals surface area contributed by atoms with Crippen LogP contribution in [0.1, 0.15) is 5.56 Å². The Balaban J connectivity index is 1.65. The van der Waals surface area contributed by atoms with Gasteiger partial charge in [-0.15, -0.1) is 0 Å². The molecule has 164 valence electrons. The van der Waals surface area contributed by atoms with Gasteiger partial charge in [0.05, 0.1) is 11.7 Å². The maximum Gasteiger partial charge on any atom is 0.243 e. The van der Waals surface area contributed by atoms with E-state index in [2.05, 4.69) is 18.8 Å². The number of sulfonamides is 1. The van der Waals surface area contributed by atoms with Crippen LogP contribution in [-0.4, -0.2) is 29.1 Å². The smallest absolute Gasteiger partial charge is 0.243 e. The molecule has 11 heteroatoms. The molecule has 0 saturated carbocycles. The van der Waals surface area contributed by atoms with Crippen LogP contribution in [0.3, 0.4) is 0 Å². The SMILES string of the molecule is O=C(Nc1ccc(F)c(F)c1)[C@@H](Cc1ccccc1)NS(=O)(=O)c1cccc2nsnc12. The molecule has 1 amide bonds. The minimum atomic E-state index is -4.17. The van der Waals surface area contributed by atoms with Crippen LogP contribution in [0.5, 0.6) is 0 Å². The van der Waals surface area contributed by atoms with Crippen molar-refractivity contribution in [2.45, 2.75) is 17.4 Å². The number of rotatable bonds is 7. The standard InChI is InChI=1S/C21H16F2N4O3S2/c22-15-10-9-14(12-16(15)23)24-21(28)18(11-13-5-2-1-3-6-13)27-32(29,30)19-8-4-7-17-20(19)26-31-25-17/h1-10,12,18,27H,11H2,(H,24,28)/t18-/m1/s1. The number of nitrogens with one attached hydrogen (secondary N) is 2. The molecule has 0 aliphatic carbocycles. The molecule has 0 bridgehead atoms. The van der Waals surface area contributed by atoms with Gasteiger partial charge in [0.25, 0.3) is 0 Å². The lowest BCUT2D eigenvalue weighted by molar-refractivity contribution is -0.117. The van der Waals surface area contributed by atoms with E-state index in [1.165, 1.54) is 18.2 Å². The zero-order valence-corrected chi connectivity index (χ0v) is 18.0. The van der Waals surface area contributed by atoms with Crippen LogP contribution >= 0.6 is 11.7 Å². The second-order valence-corrected chi connectivity index (χ2v) is 9.08. The highest BCUT2D eigenvalue weighted by molar-refractivity contribution is 7.89. The van der Waals surface area contributed by atoms with Gasteiger partial charge in [0.2, 0.25) is 15.9 Å². The number of carbonyl (C=O) groups excluding carboxylic acids is 1. The number of aromatic nitrogens is 2. The molecule has 2 N–H and O–H groups in total. The van der Waals surface area contributed by atoms with E-state index < -0.39 is 33.6 Å². The fraction of sp³-hybridized carbons (Fsp3) is 0.0952. The van der Waals surface area contributed by atoms with Crippen molar-refractivity contribution in [3.8, 4) is 0 Å². The number of halogens is 2. The molecule has 1 atom stereocenters. The van der Waals surface area contributed by atoms with Crippen molar-refractivity contribution in [1.82, 2.24) is 13.5 Å². The first-order valence-electron chi connectivity index (χ1n) is 9.37. The van der Waals surface area contributed by atoms with Crippen molar-refractivity contribution in [2.75, 3.05) is 5.32 Å². The molecule has 0 spiro atoms. The normalized spacial score (nSPS) is 12.6. The number of amides is 1. The van der Waals surface area contributed by atoms with Gasteiger partial charge in [-0.3, -0.25) is 4.79 Å². The summed E-state index contributed by atoms with van der Waals surface area (Å²) in [6.07, 6.45) is 0.0286. The lowest BCUT2D eigenvalue weighted by Gasteiger charge is -2.19. The maximum atomic E-state index is 13.5. The van der Waals surface area contributed by atoms with E-state index in [4.69, 9.17) is 0 Å². The summed E-state index contributed by atoms with van der Waals surface area (Å²) < 4.78 is 63.5. The van der Waals surface area contributed by atoms with Crippen molar-refractivity contribution >= 4 is 44.4 Å². The first-order chi connectivity index (χ1) is 15.3. The van der Waals surface area contributed by atoms with E-state index in [9.17, 15) is 22.0 Å². The van der Waals surface area contributed by atoms with E-state index >= 15 is 0 Å². The Hall–Kier alpha value is -3.28. The minimum absolute atomic E-state index is 0.00281. The van der Waals surface area contributed by atoms with Crippen molar-refractivity contribution in [3.63, 3.8) is 0 Å². The van der Waals surface area contributed by atoms with Crippen LogP contribution in [0.4, 0.5) is 14.5 Å². The van der Waals surface area contributed by atoms with Crippen LogP contribution in [0, 0.1) is 11.6 Å². The third-order valence-electron chi connectivity index (χ3n) is 4.62. The van der Waals surface area contributed by atoms with Gasteiger partial charge in [-0.25, -0.2) is 17.2 Å².